The van der Waals surface area contributed by atoms with Crippen LogP contribution in [-0.4, -0.2) is 24.9 Å². The maximum Gasteiger partial charge on any atom is 0.251 e. The Morgan fingerprint density at radius 3 is 1.00 bits per heavy atom. The molecule has 48 heavy (non-hydrogen) atoms. The molecule has 2 aromatic heterocycles. The van der Waals surface area contributed by atoms with Gasteiger partial charge in [-0.25, -0.2) is 9.13 Å². The summed E-state index contributed by atoms with van der Waals surface area (Å²) in [5.74, 6) is 0.00191. The predicted molar refractivity (Wildman–Crippen MR) is 200 cm³/mol. The summed E-state index contributed by atoms with van der Waals surface area (Å²) in [6.07, 6.45) is 39.0. The molecule has 2 aromatic rings. The molecule has 0 spiro atoms. The third-order valence-electron chi connectivity index (χ3n) is 9.52. The van der Waals surface area contributed by atoms with Crippen LogP contribution in [0.5, 0.6) is 0 Å². The Kier molecular flexibility index (Phi) is 25.2. The summed E-state index contributed by atoms with van der Waals surface area (Å²) in [6, 6.07) is 7.72. The maximum absolute atomic E-state index is 12.5. The molecule has 6 heteroatoms. The van der Waals surface area contributed by atoms with Crippen LogP contribution in [0.25, 0.3) is 0 Å². The molecule has 0 saturated heterocycles. The van der Waals surface area contributed by atoms with Gasteiger partial charge in [-0.15, -0.1) is 0 Å². The number of hydrogen-bond donors (Lipinski definition) is 2. The topological polar surface area (TPSA) is 66.0 Å². The van der Waals surface area contributed by atoms with Gasteiger partial charge in [0, 0.05) is 50.2 Å². The number of carbonyl (C=O) groups excluding carboxylic acids is 2. The minimum Gasteiger partial charge on any atom is -0.352 e. The van der Waals surface area contributed by atoms with Crippen molar-refractivity contribution in [2.75, 3.05) is 13.1 Å². The van der Waals surface area contributed by atoms with E-state index in [-0.39, 0.29) is 11.8 Å². The van der Waals surface area contributed by atoms with E-state index in [0.29, 0.717) is 13.1 Å². The number of hydrogen-bond acceptors (Lipinski definition) is 2. The number of carbonyl (C=O) groups is 2. The Morgan fingerprint density at radius 2 is 0.688 bits per heavy atom. The molecule has 0 radical (unpaired) electrons. The molecule has 0 fully saturated rings. The smallest absolute Gasteiger partial charge is 0.251 e. The van der Waals surface area contributed by atoms with Crippen LogP contribution in [0.2, 0.25) is 0 Å². The van der Waals surface area contributed by atoms with Crippen molar-refractivity contribution < 1.29 is 18.7 Å². The van der Waals surface area contributed by atoms with E-state index >= 15 is 0 Å². The lowest BCUT2D eigenvalue weighted by atomic mass is 10.1. The van der Waals surface area contributed by atoms with Gasteiger partial charge >= 0.3 is 0 Å². The molecule has 2 amide bonds. The number of amides is 2. The summed E-state index contributed by atoms with van der Waals surface area (Å²) in [5, 5.41) is 6.11. The van der Waals surface area contributed by atoms with Gasteiger partial charge in [0.25, 0.3) is 11.8 Å². The first kappa shape index (κ1) is 41.4. The molecule has 0 aliphatic heterocycles. The molecule has 6 nitrogen and oxygen atoms in total. The minimum atomic E-state index is 0.000953. The molecule has 2 N–H and O–H groups in total. The summed E-state index contributed by atoms with van der Waals surface area (Å²) in [7, 11) is 0. The third kappa shape index (κ3) is 21.3. The van der Waals surface area contributed by atoms with Crippen molar-refractivity contribution in [3.05, 3.63) is 60.2 Å². The Hall–Kier alpha value is -2.76. The summed E-state index contributed by atoms with van der Waals surface area (Å²) in [5.41, 5.74) is 1.45. The Labute approximate surface area is 294 Å². The number of aryl methyl sites for hydroxylation is 2. The zero-order valence-corrected chi connectivity index (χ0v) is 31.1. The molecule has 270 valence electrons. The van der Waals surface area contributed by atoms with Gasteiger partial charge in [-0.3, -0.25) is 9.59 Å². The highest BCUT2D eigenvalue weighted by molar-refractivity contribution is 5.94. The lowest BCUT2D eigenvalue weighted by Crippen LogP contribution is -2.33. The molecule has 2 rings (SSSR count). The Bertz CT molecular complexity index is 969. The second kappa shape index (κ2) is 29.2. The van der Waals surface area contributed by atoms with Crippen LogP contribution in [0.3, 0.4) is 0 Å². The normalized spacial score (nSPS) is 11.1. The van der Waals surface area contributed by atoms with Crippen molar-refractivity contribution in [3.8, 4) is 0 Å². The van der Waals surface area contributed by atoms with Crippen LogP contribution in [0.15, 0.2) is 49.1 Å². The maximum atomic E-state index is 12.5. The van der Waals surface area contributed by atoms with Gasteiger partial charge in [-0.1, -0.05) is 129 Å². The molecule has 0 aliphatic rings. The number of nitrogens with zero attached hydrogens (tertiary/aromatic N) is 2. The molecule has 0 aromatic carbocycles. The third-order valence-corrected chi connectivity index (χ3v) is 9.52. The molecular weight excluding hydrogens is 592 g/mol. The predicted octanol–water partition coefficient (Wildman–Crippen LogP) is 9.82. The largest absolute Gasteiger partial charge is 0.352 e. The monoisotopic (exact) mass is 665 g/mol. The summed E-state index contributed by atoms with van der Waals surface area (Å²) < 4.78 is 4.38. The van der Waals surface area contributed by atoms with Crippen LogP contribution in [0.1, 0.15) is 189 Å². The number of rotatable bonds is 31. The number of aromatic nitrogens is 2. The lowest BCUT2D eigenvalue weighted by molar-refractivity contribution is -0.697. The molecule has 0 saturated carbocycles. The minimum absolute atomic E-state index is 0.000953. The van der Waals surface area contributed by atoms with Gasteiger partial charge in [0.05, 0.1) is 11.1 Å². The van der Waals surface area contributed by atoms with Crippen LogP contribution >= 0.6 is 0 Å². The van der Waals surface area contributed by atoms with Gasteiger partial charge < -0.3 is 10.6 Å². The highest BCUT2D eigenvalue weighted by atomic mass is 16.2. The van der Waals surface area contributed by atoms with Crippen LogP contribution in [-0.2, 0) is 13.1 Å². The van der Waals surface area contributed by atoms with Crippen molar-refractivity contribution >= 4 is 11.8 Å². The fraction of sp³-hybridized carbons (Fsp3) is 0.714. The first-order chi connectivity index (χ1) is 23.6. The summed E-state index contributed by atoms with van der Waals surface area (Å²) in [4.78, 5) is 25.1. The Morgan fingerprint density at radius 1 is 0.417 bits per heavy atom. The zero-order chi connectivity index (χ0) is 34.3. The van der Waals surface area contributed by atoms with E-state index in [9.17, 15) is 9.59 Å². The highest BCUT2D eigenvalue weighted by Gasteiger charge is 2.09. The standard InChI is InChI=1S/C42H70N4O2/c1-3-5-7-9-11-13-15-17-21-25-33-45-35-27-39(28-36-45)41(47)43-31-23-19-20-24-32-44-42(48)40-29-37-46(38-30-40)34-26-22-18-16-14-12-10-8-6-4-2/h27-30,35-38H,3-26,31-34H2,1-2H3/p+2. The van der Waals surface area contributed by atoms with Crippen LogP contribution in [0, 0.1) is 0 Å². The fourth-order valence-electron chi connectivity index (χ4n) is 6.29. The average Bonchev–Trinajstić information content (AvgIpc) is 3.11. The van der Waals surface area contributed by atoms with Gasteiger partial charge in [0.2, 0.25) is 0 Å². The Balaban J connectivity index is 1.43. The number of unbranched alkanes of at least 4 members (excludes halogenated alkanes) is 21. The first-order valence-electron chi connectivity index (χ1n) is 20.2. The van der Waals surface area contributed by atoms with E-state index in [1.165, 1.54) is 128 Å². The van der Waals surface area contributed by atoms with E-state index in [1.54, 1.807) is 0 Å². The quantitative estimate of drug-likeness (QED) is 0.0623. The molecule has 0 aliphatic carbocycles. The molecular formula is C42H72N4O2+2. The number of pyridine rings is 2. The van der Waals surface area contributed by atoms with Gasteiger partial charge in [-0.05, 0) is 25.7 Å². The van der Waals surface area contributed by atoms with Gasteiger partial charge in [0.1, 0.15) is 13.1 Å². The second-order valence-electron chi connectivity index (χ2n) is 13.9. The SMILES string of the molecule is CCCCCCCCCCCC[n+]1ccc(C(=O)NCCCCCCNC(=O)c2cc[n+](CCCCCCCCCCCC)cc2)cc1. The van der Waals surface area contributed by atoms with E-state index in [4.69, 9.17) is 0 Å². The molecule has 0 atom stereocenters. The molecule has 2 heterocycles. The van der Waals surface area contributed by atoms with Crippen molar-refractivity contribution in [3.63, 3.8) is 0 Å². The van der Waals surface area contributed by atoms with E-state index in [0.717, 1.165) is 49.9 Å². The van der Waals surface area contributed by atoms with Crippen molar-refractivity contribution in [1.29, 1.82) is 0 Å². The van der Waals surface area contributed by atoms with Crippen molar-refractivity contribution in [1.82, 2.24) is 10.6 Å². The average molecular weight is 665 g/mol. The van der Waals surface area contributed by atoms with Crippen molar-refractivity contribution in [2.45, 2.75) is 181 Å². The molecule has 0 unspecified atom stereocenters. The summed E-state index contributed by atoms with van der Waals surface area (Å²) in [6.45, 7) is 7.94. The molecule has 0 bridgehead atoms. The van der Waals surface area contributed by atoms with Crippen LogP contribution in [0.4, 0.5) is 0 Å². The first-order valence-corrected chi connectivity index (χ1v) is 20.2. The zero-order valence-electron chi connectivity index (χ0n) is 31.1. The van der Waals surface area contributed by atoms with E-state index in [1.807, 2.05) is 49.1 Å². The van der Waals surface area contributed by atoms with Crippen molar-refractivity contribution in [2.24, 2.45) is 0 Å². The number of nitrogens with one attached hydrogen (secondary N) is 2. The summed E-state index contributed by atoms with van der Waals surface area (Å²) >= 11 is 0. The lowest BCUT2D eigenvalue weighted by Gasteiger charge is -2.07. The fourth-order valence-corrected chi connectivity index (χ4v) is 6.29. The highest BCUT2D eigenvalue weighted by Crippen LogP contribution is 2.12. The van der Waals surface area contributed by atoms with E-state index < -0.39 is 0 Å². The second-order valence-corrected chi connectivity index (χ2v) is 13.9. The van der Waals surface area contributed by atoms with E-state index in [2.05, 4.69) is 33.6 Å². The van der Waals surface area contributed by atoms with Crippen LogP contribution < -0.4 is 19.8 Å². The van der Waals surface area contributed by atoms with Gasteiger partial charge in [-0.2, -0.15) is 0 Å². The van der Waals surface area contributed by atoms with Gasteiger partial charge in [0.15, 0.2) is 24.8 Å².